The molecule has 0 fully saturated rings. The number of aromatic nitrogens is 2. The molecule has 0 amide bonds. The summed E-state index contributed by atoms with van der Waals surface area (Å²) in [5, 5.41) is 10.8. The summed E-state index contributed by atoms with van der Waals surface area (Å²) in [6.45, 7) is 3.60. The van der Waals surface area contributed by atoms with Crippen LogP contribution in [0.25, 0.3) is 0 Å². The minimum absolute atomic E-state index is 0.149. The summed E-state index contributed by atoms with van der Waals surface area (Å²) < 4.78 is 13.0. The minimum atomic E-state index is -0.517. The van der Waals surface area contributed by atoms with Gasteiger partial charge < -0.3 is 19.6 Å². The fourth-order valence-electron chi connectivity index (χ4n) is 3.39. The number of nitrogens with zero attached hydrogens (tertiary/aromatic N) is 3. The van der Waals surface area contributed by atoms with Crippen LogP contribution in [-0.2, 0) is 24.3 Å². The van der Waals surface area contributed by atoms with Crippen LogP contribution in [0.4, 0.5) is 5.82 Å². The van der Waals surface area contributed by atoms with Crippen LogP contribution < -0.4 is 4.74 Å². The fraction of sp³-hybridized carbons (Fsp3) is 0.571. The zero-order valence-electron chi connectivity index (χ0n) is 16.5. The first-order chi connectivity index (χ1) is 13.7. The third-order valence-electron chi connectivity index (χ3n) is 5.04. The van der Waals surface area contributed by atoms with E-state index in [0.29, 0.717) is 19.8 Å². The molecule has 7 heteroatoms. The van der Waals surface area contributed by atoms with Gasteiger partial charge in [0, 0.05) is 4.98 Å². The minimum Gasteiger partial charge on any atom is -0.443 e. The lowest BCUT2D eigenvalue weighted by Gasteiger charge is -2.22. The summed E-state index contributed by atoms with van der Waals surface area (Å²) in [5.74, 6) is -0.198. The molecule has 2 aromatic rings. The number of hydrogen-bond acceptors (Lipinski definition) is 5. The molecule has 0 saturated carbocycles. The highest BCUT2D eigenvalue weighted by Gasteiger charge is 2.28. The predicted molar refractivity (Wildman–Crippen MR) is 106 cm³/mol. The molecule has 0 radical (unpaired) electrons. The molecule has 1 atom stereocenters. The van der Waals surface area contributed by atoms with Gasteiger partial charge in [0.2, 0.25) is 0 Å². The standard InChI is InChI=1S/C21H29N3O4/c1-2-3-4-5-6-7-8-17-9-11-18(12-10-17)15-27-19-13-23-14-20(24(25)26)22-21(23)28-16-19/h9-12,14,19H,2-8,13,15-16H2,1H3/t19-/m0/s1. The number of benzene rings is 1. The van der Waals surface area contributed by atoms with E-state index >= 15 is 0 Å². The average Bonchev–Trinajstić information content (AvgIpc) is 3.14. The van der Waals surface area contributed by atoms with Gasteiger partial charge in [-0.3, -0.25) is 4.57 Å². The van der Waals surface area contributed by atoms with E-state index in [0.717, 1.165) is 12.0 Å². The molecule has 152 valence electrons. The van der Waals surface area contributed by atoms with Crippen LogP contribution in [0.2, 0.25) is 0 Å². The molecule has 0 spiro atoms. The van der Waals surface area contributed by atoms with Gasteiger partial charge in [-0.05, 0) is 28.9 Å². The Morgan fingerprint density at radius 2 is 1.89 bits per heavy atom. The van der Waals surface area contributed by atoms with Crippen molar-refractivity contribution in [2.75, 3.05) is 6.61 Å². The molecule has 0 aliphatic carbocycles. The van der Waals surface area contributed by atoms with Gasteiger partial charge in [-0.1, -0.05) is 63.3 Å². The second-order valence-corrected chi connectivity index (χ2v) is 7.37. The van der Waals surface area contributed by atoms with Gasteiger partial charge in [-0.2, -0.15) is 0 Å². The molecule has 3 rings (SSSR count). The monoisotopic (exact) mass is 387 g/mol. The molecule has 1 aromatic carbocycles. The van der Waals surface area contributed by atoms with Crippen LogP contribution >= 0.6 is 0 Å². The number of hydrogen-bond donors (Lipinski definition) is 0. The lowest BCUT2D eigenvalue weighted by molar-refractivity contribution is -0.389. The van der Waals surface area contributed by atoms with Crippen LogP contribution in [-0.4, -0.2) is 27.2 Å². The molecular weight excluding hydrogens is 358 g/mol. The first-order valence-electron chi connectivity index (χ1n) is 10.2. The first kappa shape index (κ1) is 20.3. The third-order valence-corrected chi connectivity index (χ3v) is 5.04. The van der Waals surface area contributed by atoms with E-state index < -0.39 is 4.92 Å². The number of imidazole rings is 1. The molecule has 1 aliphatic heterocycles. The highest BCUT2D eigenvalue weighted by Crippen LogP contribution is 2.23. The zero-order valence-corrected chi connectivity index (χ0v) is 16.5. The van der Waals surface area contributed by atoms with Crippen molar-refractivity contribution in [2.24, 2.45) is 0 Å². The van der Waals surface area contributed by atoms with E-state index in [4.69, 9.17) is 9.47 Å². The molecule has 0 unspecified atom stereocenters. The normalized spacial score (nSPS) is 15.8. The molecule has 0 saturated heterocycles. The third kappa shape index (κ3) is 5.79. The van der Waals surface area contributed by atoms with Gasteiger partial charge in [0.25, 0.3) is 0 Å². The second-order valence-electron chi connectivity index (χ2n) is 7.37. The van der Waals surface area contributed by atoms with Crippen molar-refractivity contribution < 1.29 is 14.4 Å². The smallest absolute Gasteiger partial charge is 0.414 e. The van der Waals surface area contributed by atoms with E-state index in [1.54, 1.807) is 4.57 Å². The zero-order chi connectivity index (χ0) is 19.8. The Morgan fingerprint density at radius 3 is 2.64 bits per heavy atom. The van der Waals surface area contributed by atoms with E-state index in [2.05, 4.69) is 36.2 Å². The van der Waals surface area contributed by atoms with Crippen molar-refractivity contribution in [2.45, 2.75) is 71.1 Å². The van der Waals surface area contributed by atoms with Gasteiger partial charge in [0.05, 0.1) is 13.2 Å². The molecule has 28 heavy (non-hydrogen) atoms. The summed E-state index contributed by atoms with van der Waals surface area (Å²) in [4.78, 5) is 14.1. The fourth-order valence-corrected chi connectivity index (χ4v) is 3.39. The van der Waals surface area contributed by atoms with Crippen LogP contribution in [0.1, 0.15) is 56.6 Å². The number of nitro groups is 1. The maximum Gasteiger partial charge on any atom is 0.414 e. The van der Waals surface area contributed by atoms with Crippen molar-refractivity contribution >= 4 is 5.82 Å². The molecular formula is C21H29N3O4. The lowest BCUT2D eigenvalue weighted by atomic mass is 10.0. The van der Waals surface area contributed by atoms with Crippen LogP contribution in [0.5, 0.6) is 6.01 Å². The van der Waals surface area contributed by atoms with Gasteiger partial charge in [-0.15, -0.1) is 0 Å². The Bertz CT molecular complexity index is 758. The lowest BCUT2D eigenvalue weighted by Crippen LogP contribution is -2.32. The van der Waals surface area contributed by atoms with Gasteiger partial charge in [0.15, 0.2) is 0 Å². The molecule has 1 aliphatic rings. The number of fused-ring (bicyclic) bond motifs is 1. The van der Waals surface area contributed by atoms with Crippen LogP contribution in [0.15, 0.2) is 30.5 Å². The quantitative estimate of drug-likeness (QED) is 0.318. The summed E-state index contributed by atoms with van der Waals surface area (Å²) in [6.07, 6.45) is 10.3. The van der Waals surface area contributed by atoms with E-state index in [1.807, 2.05) is 0 Å². The van der Waals surface area contributed by atoms with Gasteiger partial charge >= 0.3 is 11.8 Å². The summed E-state index contributed by atoms with van der Waals surface area (Å²) in [7, 11) is 0. The maximum absolute atomic E-state index is 10.8. The van der Waals surface area contributed by atoms with E-state index in [1.165, 1.54) is 50.3 Å². The number of unbranched alkanes of at least 4 members (excludes halogenated alkanes) is 5. The Morgan fingerprint density at radius 1 is 1.18 bits per heavy atom. The van der Waals surface area contributed by atoms with Crippen molar-refractivity contribution in [1.82, 2.24) is 9.55 Å². The Kier molecular flexibility index (Phi) is 7.42. The number of ether oxygens (including phenoxy) is 2. The summed E-state index contributed by atoms with van der Waals surface area (Å²) in [5.41, 5.74) is 2.49. The topological polar surface area (TPSA) is 79.4 Å². The largest absolute Gasteiger partial charge is 0.443 e. The Labute approximate surface area is 165 Å². The maximum atomic E-state index is 10.8. The Hall–Kier alpha value is -2.41. The van der Waals surface area contributed by atoms with E-state index in [9.17, 15) is 10.1 Å². The Balaban J connectivity index is 1.39. The number of aryl methyl sites for hydroxylation is 1. The van der Waals surface area contributed by atoms with Crippen molar-refractivity contribution in [1.29, 1.82) is 0 Å². The number of rotatable bonds is 11. The van der Waals surface area contributed by atoms with Crippen molar-refractivity contribution in [3.05, 3.63) is 51.7 Å². The summed E-state index contributed by atoms with van der Waals surface area (Å²) >= 11 is 0. The molecule has 7 nitrogen and oxygen atoms in total. The molecule has 0 N–H and O–H groups in total. The molecule has 1 aromatic heterocycles. The van der Waals surface area contributed by atoms with Gasteiger partial charge in [-0.25, -0.2) is 0 Å². The average molecular weight is 387 g/mol. The van der Waals surface area contributed by atoms with Crippen LogP contribution in [0.3, 0.4) is 0 Å². The van der Waals surface area contributed by atoms with Crippen LogP contribution in [0, 0.1) is 10.1 Å². The first-order valence-corrected chi connectivity index (χ1v) is 10.2. The highest BCUT2D eigenvalue weighted by molar-refractivity contribution is 5.23. The van der Waals surface area contributed by atoms with Crippen molar-refractivity contribution in [3.8, 4) is 6.01 Å². The van der Waals surface area contributed by atoms with Crippen molar-refractivity contribution in [3.63, 3.8) is 0 Å². The molecule has 2 heterocycles. The van der Waals surface area contributed by atoms with Gasteiger partial charge in [0.1, 0.15) is 18.9 Å². The summed E-state index contributed by atoms with van der Waals surface area (Å²) in [6, 6.07) is 8.87. The van der Waals surface area contributed by atoms with E-state index in [-0.39, 0.29) is 17.9 Å². The SMILES string of the molecule is CCCCCCCCc1ccc(CO[C@@H]2COc3nc([N+](=O)[O-])cn3C2)cc1. The highest BCUT2D eigenvalue weighted by atomic mass is 16.6. The predicted octanol–water partition coefficient (Wildman–Crippen LogP) is 4.67. The molecule has 0 bridgehead atoms. The second kappa shape index (κ2) is 10.2.